The molecule has 1 aliphatic heterocycles. The number of aryl methyl sites for hydroxylation is 1. The van der Waals surface area contributed by atoms with Crippen molar-refractivity contribution >= 4 is 28.5 Å². The topological polar surface area (TPSA) is 105 Å². The molecular formula is C23H29N7O3. The van der Waals surface area contributed by atoms with Crippen LogP contribution in [0.5, 0.6) is 5.88 Å². The molecule has 3 aromatic rings. The third-order valence-corrected chi connectivity index (χ3v) is 5.52. The lowest BCUT2D eigenvalue weighted by molar-refractivity contribution is -0.130. The second kappa shape index (κ2) is 9.85. The average Bonchev–Trinajstić information content (AvgIpc) is 3.18. The van der Waals surface area contributed by atoms with E-state index in [2.05, 4.69) is 39.1 Å². The smallest absolute Gasteiger partial charge is 0.272 e. The quantitative estimate of drug-likeness (QED) is 0.580. The molecule has 0 atom stereocenters. The molecule has 2 aromatic heterocycles. The molecule has 0 bridgehead atoms. The van der Waals surface area contributed by atoms with Crippen molar-refractivity contribution in [3.63, 3.8) is 0 Å². The number of aromatic nitrogens is 4. The second-order valence-electron chi connectivity index (χ2n) is 8.46. The summed E-state index contributed by atoms with van der Waals surface area (Å²) in [7, 11) is 1.79. The van der Waals surface area contributed by atoms with Crippen LogP contribution < -0.4 is 15.0 Å². The van der Waals surface area contributed by atoms with Gasteiger partial charge in [-0.15, -0.1) is 0 Å². The number of hydrogen-bond acceptors (Lipinski definition) is 7. The number of carbonyl (C=O) groups excluding carboxylic acids is 2. The van der Waals surface area contributed by atoms with Crippen LogP contribution in [0.1, 0.15) is 24.3 Å². The number of ether oxygens (including phenoxy) is 1. The second-order valence-corrected chi connectivity index (χ2v) is 8.46. The molecular weight excluding hydrogens is 422 g/mol. The maximum absolute atomic E-state index is 12.7. The molecule has 0 radical (unpaired) electrons. The summed E-state index contributed by atoms with van der Waals surface area (Å²) in [5, 5.41) is 7.79. The van der Waals surface area contributed by atoms with Crippen LogP contribution in [-0.2, 0) is 11.8 Å². The minimum Gasteiger partial charge on any atom is -0.477 e. The molecule has 1 fully saturated rings. The summed E-state index contributed by atoms with van der Waals surface area (Å²) >= 11 is 0. The maximum atomic E-state index is 12.7. The van der Waals surface area contributed by atoms with Gasteiger partial charge in [-0.25, -0.2) is 9.97 Å². The van der Waals surface area contributed by atoms with Gasteiger partial charge in [-0.3, -0.25) is 14.3 Å². The fourth-order valence-corrected chi connectivity index (χ4v) is 3.75. The molecule has 1 N–H and O–H groups in total. The Balaban J connectivity index is 1.29. The lowest BCUT2D eigenvalue weighted by atomic mass is 10.2. The standard InChI is InChI=1S/C23H29N7O3/c1-16(2)14-33-20-12-19(25-15-26-20)29-8-10-30(11-9-29)21(31)13-24-23(32)22-17-6-4-5-7-18(17)28(3)27-22/h4-7,12,15-16H,8-11,13-14H2,1-3H3,(H,24,32). The molecule has 1 aliphatic rings. The van der Waals surface area contributed by atoms with Gasteiger partial charge in [0.2, 0.25) is 11.8 Å². The largest absolute Gasteiger partial charge is 0.477 e. The molecule has 3 heterocycles. The number of nitrogens with one attached hydrogen (secondary N) is 1. The van der Waals surface area contributed by atoms with Crippen molar-refractivity contribution in [2.24, 2.45) is 13.0 Å². The Labute approximate surface area is 192 Å². The van der Waals surface area contributed by atoms with Crippen molar-refractivity contribution < 1.29 is 14.3 Å². The van der Waals surface area contributed by atoms with E-state index in [1.54, 1.807) is 16.6 Å². The van der Waals surface area contributed by atoms with E-state index in [1.807, 2.05) is 30.3 Å². The van der Waals surface area contributed by atoms with Gasteiger partial charge in [0.1, 0.15) is 12.1 Å². The zero-order chi connectivity index (χ0) is 23.4. The predicted octanol–water partition coefficient (Wildman–Crippen LogP) is 1.48. The van der Waals surface area contributed by atoms with Crippen molar-refractivity contribution in [1.82, 2.24) is 30.0 Å². The monoisotopic (exact) mass is 451 g/mol. The summed E-state index contributed by atoms with van der Waals surface area (Å²) in [5.41, 5.74) is 1.19. The van der Waals surface area contributed by atoms with Crippen LogP contribution >= 0.6 is 0 Å². The minimum absolute atomic E-state index is 0.0650. The summed E-state index contributed by atoms with van der Waals surface area (Å²) in [6.07, 6.45) is 1.50. The van der Waals surface area contributed by atoms with Crippen LogP contribution in [-0.4, -0.2) is 75.8 Å². The van der Waals surface area contributed by atoms with Gasteiger partial charge >= 0.3 is 0 Å². The lowest BCUT2D eigenvalue weighted by Crippen LogP contribution is -2.51. The first-order chi connectivity index (χ1) is 15.9. The van der Waals surface area contributed by atoms with Gasteiger partial charge in [0.25, 0.3) is 5.91 Å². The highest BCUT2D eigenvalue weighted by Gasteiger charge is 2.23. The third-order valence-electron chi connectivity index (χ3n) is 5.52. The highest BCUT2D eigenvalue weighted by atomic mass is 16.5. The Morgan fingerprint density at radius 3 is 2.64 bits per heavy atom. The SMILES string of the molecule is CC(C)COc1cc(N2CCN(C(=O)CNC(=O)c3nn(C)c4ccccc34)CC2)ncn1. The molecule has 33 heavy (non-hydrogen) atoms. The Morgan fingerprint density at radius 2 is 1.88 bits per heavy atom. The number of benzene rings is 1. The summed E-state index contributed by atoms with van der Waals surface area (Å²) in [4.78, 5) is 37.7. The van der Waals surface area contributed by atoms with Crippen LogP contribution in [0.25, 0.3) is 10.9 Å². The summed E-state index contributed by atoms with van der Waals surface area (Å²) in [6.45, 7) is 7.08. The molecule has 2 amide bonds. The van der Waals surface area contributed by atoms with E-state index in [-0.39, 0.29) is 18.4 Å². The zero-order valence-corrected chi connectivity index (χ0v) is 19.2. The number of carbonyl (C=O) groups is 2. The first kappa shape index (κ1) is 22.5. The summed E-state index contributed by atoms with van der Waals surface area (Å²) in [6, 6.07) is 9.35. The Kier molecular flexibility index (Phi) is 6.71. The Hall–Kier alpha value is -3.69. The molecule has 10 nitrogen and oxygen atoms in total. The van der Waals surface area contributed by atoms with Crippen LogP contribution in [0.2, 0.25) is 0 Å². The number of nitrogens with zero attached hydrogens (tertiary/aromatic N) is 6. The van der Waals surface area contributed by atoms with Crippen LogP contribution in [0.3, 0.4) is 0 Å². The van der Waals surface area contributed by atoms with Crippen molar-refractivity contribution in [3.05, 3.63) is 42.4 Å². The fraction of sp³-hybridized carbons (Fsp3) is 0.435. The van der Waals surface area contributed by atoms with Crippen molar-refractivity contribution in [1.29, 1.82) is 0 Å². The number of piperazine rings is 1. The Morgan fingerprint density at radius 1 is 1.12 bits per heavy atom. The number of para-hydroxylation sites is 1. The molecule has 10 heteroatoms. The van der Waals surface area contributed by atoms with E-state index >= 15 is 0 Å². The average molecular weight is 452 g/mol. The highest BCUT2D eigenvalue weighted by molar-refractivity contribution is 6.05. The number of fused-ring (bicyclic) bond motifs is 1. The van der Waals surface area contributed by atoms with E-state index < -0.39 is 0 Å². The normalized spacial score (nSPS) is 14.1. The lowest BCUT2D eigenvalue weighted by Gasteiger charge is -2.35. The van der Waals surface area contributed by atoms with Gasteiger partial charge in [0, 0.05) is 44.7 Å². The number of anilines is 1. The van der Waals surface area contributed by atoms with E-state index in [9.17, 15) is 9.59 Å². The van der Waals surface area contributed by atoms with E-state index in [0.717, 1.165) is 16.7 Å². The van der Waals surface area contributed by atoms with Crippen molar-refractivity contribution in [2.45, 2.75) is 13.8 Å². The van der Waals surface area contributed by atoms with Crippen LogP contribution in [0, 0.1) is 5.92 Å². The fourth-order valence-electron chi connectivity index (χ4n) is 3.75. The Bertz CT molecular complexity index is 1140. The molecule has 0 saturated carbocycles. The summed E-state index contributed by atoms with van der Waals surface area (Å²) < 4.78 is 7.35. The molecule has 174 valence electrons. The maximum Gasteiger partial charge on any atom is 0.272 e. The van der Waals surface area contributed by atoms with E-state index in [0.29, 0.717) is 50.3 Å². The third kappa shape index (κ3) is 5.21. The van der Waals surface area contributed by atoms with Gasteiger partial charge in [0.05, 0.1) is 18.7 Å². The van der Waals surface area contributed by atoms with Gasteiger partial charge in [0.15, 0.2) is 5.69 Å². The van der Waals surface area contributed by atoms with Gasteiger partial charge in [-0.1, -0.05) is 32.0 Å². The van der Waals surface area contributed by atoms with E-state index in [4.69, 9.17) is 4.74 Å². The van der Waals surface area contributed by atoms with Crippen molar-refractivity contribution in [3.8, 4) is 5.88 Å². The van der Waals surface area contributed by atoms with Crippen LogP contribution in [0.15, 0.2) is 36.7 Å². The molecule has 1 aromatic carbocycles. The first-order valence-corrected chi connectivity index (χ1v) is 11.1. The predicted molar refractivity (Wildman–Crippen MR) is 124 cm³/mol. The van der Waals surface area contributed by atoms with Gasteiger partial charge in [-0.05, 0) is 12.0 Å². The minimum atomic E-state index is -0.353. The molecule has 1 saturated heterocycles. The van der Waals surface area contributed by atoms with Crippen LogP contribution in [0.4, 0.5) is 5.82 Å². The number of hydrogen-bond donors (Lipinski definition) is 1. The number of rotatable bonds is 7. The molecule has 0 aliphatic carbocycles. The molecule has 0 unspecified atom stereocenters. The zero-order valence-electron chi connectivity index (χ0n) is 19.2. The van der Waals surface area contributed by atoms with E-state index in [1.165, 1.54) is 6.33 Å². The molecule has 4 rings (SSSR count). The molecule has 0 spiro atoms. The van der Waals surface area contributed by atoms with Gasteiger partial charge in [-0.2, -0.15) is 5.10 Å². The summed E-state index contributed by atoms with van der Waals surface area (Å²) in [5.74, 6) is 1.28. The first-order valence-electron chi connectivity index (χ1n) is 11.1. The van der Waals surface area contributed by atoms with Gasteiger partial charge < -0.3 is 19.9 Å². The highest BCUT2D eigenvalue weighted by Crippen LogP contribution is 2.19. The number of amides is 2. The van der Waals surface area contributed by atoms with Crippen molar-refractivity contribution in [2.75, 3.05) is 44.2 Å².